The lowest BCUT2D eigenvalue weighted by Gasteiger charge is -2.43. The predicted octanol–water partition coefficient (Wildman–Crippen LogP) is 6.25. The topological polar surface area (TPSA) is 23.6 Å². The lowest BCUT2D eigenvalue weighted by atomic mass is 9.83. The molecule has 2 aromatic carbocycles. The van der Waals surface area contributed by atoms with E-state index in [0.717, 1.165) is 17.3 Å². The largest absolute Gasteiger partial charge is 0.329 e. The third-order valence-corrected chi connectivity index (χ3v) is 6.88. The molecule has 28 heavy (non-hydrogen) atoms. The van der Waals surface area contributed by atoms with Gasteiger partial charge in [-0.3, -0.25) is 9.80 Å². The Bertz CT molecular complexity index is 930. The van der Waals surface area contributed by atoms with E-state index in [1.807, 2.05) is 18.0 Å². The van der Waals surface area contributed by atoms with Crippen LogP contribution in [0, 0.1) is 18.8 Å². The number of aryl methyl sites for hydroxylation is 1. The first kappa shape index (κ1) is 17.5. The number of rotatable bonds is 2. The number of hydrogen-bond donors (Lipinski definition) is 0. The van der Waals surface area contributed by atoms with Crippen LogP contribution in [0.5, 0.6) is 0 Å². The van der Waals surface area contributed by atoms with Crippen molar-refractivity contribution in [2.75, 3.05) is 16.8 Å². The molecule has 5 rings (SSSR count). The molecular formula is C25H28N2O. The smallest absolute Gasteiger partial charge is 0.297 e. The number of amides is 2. The van der Waals surface area contributed by atoms with Crippen molar-refractivity contribution in [2.45, 2.75) is 45.1 Å². The maximum Gasteiger partial charge on any atom is 0.329 e. The zero-order valence-corrected chi connectivity index (χ0v) is 16.8. The first-order chi connectivity index (χ1) is 13.6. The quantitative estimate of drug-likeness (QED) is 0.572. The Morgan fingerprint density at radius 1 is 1.00 bits per heavy atom. The number of benzene rings is 2. The summed E-state index contributed by atoms with van der Waals surface area (Å²) >= 11 is 0. The molecule has 0 radical (unpaired) electrons. The van der Waals surface area contributed by atoms with E-state index in [1.165, 1.54) is 43.2 Å². The highest BCUT2D eigenvalue weighted by atomic mass is 16.2. The Balaban J connectivity index is 1.63. The molecule has 1 fully saturated rings. The summed E-state index contributed by atoms with van der Waals surface area (Å²) in [6.45, 7) is 2.09. The number of urea groups is 1. The lowest BCUT2D eigenvalue weighted by Crippen LogP contribution is -2.49. The van der Waals surface area contributed by atoms with Crippen molar-refractivity contribution in [3.8, 4) is 0 Å². The average molecular weight is 373 g/mol. The van der Waals surface area contributed by atoms with E-state index in [9.17, 15) is 4.79 Å². The summed E-state index contributed by atoms with van der Waals surface area (Å²) in [5.74, 6) is 1.11. The van der Waals surface area contributed by atoms with Crippen LogP contribution in [0.2, 0.25) is 0 Å². The molecule has 144 valence electrons. The molecule has 0 N–H and O–H groups in total. The van der Waals surface area contributed by atoms with Gasteiger partial charge in [0, 0.05) is 18.7 Å². The first-order valence-corrected chi connectivity index (χ1v) is 10.6. The molecule has 2 aliphatic carbocycles. The predicted molar refractivity (Wildman–Crippen MR) is 115 cm³/mol. The van der Waals surface area contributed by atoms with Crippen LogP contribution in [0.25, 0.3) is 0 Å². The van der Waals surface area contributed by atoms with Crippen LogP contribution < -0.4 is 9.80 Å². The second-order valence-corrected chi connectivity index (χ2v) is 8.63. The van der Waals surface area contributed by atoms with Crippen LogP contribution in [0.3, 0.4) is 0 Å². The number of anilines is 2. The van der Waals surface area contributed by atoms with Gasteiger partial charge in [-0.15, -0.1) is 0 Å². The van der Waals surface area contributed by atoms with Crippen LogP contribution in [0.15, 0.2) is 60.2 Å². The zero-order chi connectivity index (χ0) is 19.3. The minimum Gasteiger partial charge on any atom is -0.297 e. The Morgan fingerprint density at radius 3 is 2.57 bits per heavy atom. The minimum atomic E-state index is 0.0701. The second-order valence-electron chi connectivity index (χ2n) is 8.63. The monoisotopic (exact) mass is 372 g/mol. The molecule has 0 saturated heterocycles. The van der Waals surface area contributed by atoms with E-state index in [-0.39, 0.29) is 12.1 Å². The highest BCUT2D eigenvalue weighted by molar-refractivity contribution is 6.06. The molecule has 1 heterocycles. The summed E-state index contributed by atoms with van der Waals surface area (Å²) in [6.07, 6.45) is 8.92. The van der Waals surface area contributed by atoms with Crippen LogP contribution in [0.1, 0.15) is 49.3 Å². The van der Waals surface area contributed by atoms with Gasteiger partial charge in [0.15, 0.2) is 0 Å². The molecule has 2 amide bonds. The summed E-state index contributed by atoms with van der Waals surface area (Å²) in [5, 5.41) is 0. The molecule has 1 aliphatic heterocycles. The normalized spacial score (nSPS) is 26.7. The molecule has 1 saturated carbocycles. The Labute approximate surface area is 167 Å². The first-order valence-electron chi connectivity index (χ1n) is 10.6. The highest BCUT2D eigenvalue weighted by Gasteiger charge is 2.43. The highest BCUT2D eigenvalue weighted by Crippen LogP contribution is 2.50. The molecular weight excluding hydrogens is 344 g/mol. The molecule has 3 heteroatoms. The van der Waals surface area contributed by atoms with Gasteiger partial charge in [0.1, 0.15) is 0 Å². The van der Waals surface area contributed by atoms with Gasteiger partial charge < -0.3 is 0 Å². The van der Waals surface area contributed by atoms with Gasteiger partial charge in [-0.1, -0.05) is 54.0 Å². The van der Waals surface area contributed by atoms with Gasteiger partial charge in [0.2, 0.25) is 0 Å². The van der Waals surface area contributed by atoms with Gasteiger partial charge in [-0.2, -0.15) is 0 Å². The molecule has 0 bridgehead atoms. The molecule has 3 aliphatic rings. The number of hydrogen-bond acceptors (Lipinski definition) is 1. The maximum atomic E-state index is 13.5. The van der Waals surface area contributed by atoms with E-state index in [4.69, 9.17) is 0 Å². The van der Waals surface area contributed by atoms with Gasteiger partial charge in [-0.25, -0.2) is 4.79 Å². The summed E-state index contributed by atoms with van der Waals surface area (Å²) in [6, 6.07) is 17.0. The van der Waals surface area contributed by atoms with Gasteiger partial charge in [0.25, 0.3) is 0 Å². The van der Waals surface area contributed by atoms with Crippen LogP contribution in [-0.2, 0) is 0 Å². The van der Waals surface area contributed by atoms with Crippen LogP contribution >= 0.6 is 0 Å². The Morgan fingerprint density at radius 2 is 1.79 bits per heavy atom. The lowest BCUT2D eigenvalue weighted by molar-refractivity contribution is 0.245. The fraction of sp³-hybridized carbons (Fsp3) is 0.400. The van der Waals surface area contributed by atoms with E-state index < -0.39 is 0 Å². The van der Waals surface area contributed by atoms with Crippen molar-refractivity contribution in [3.05, 3.63) is 71.3 Å². The maximum absolute atomic E-state index is 13.5. The number of fused-ring (bicyclic) bond motifs is 2. The van der Waals surface area contributed by atoms with Crippen LogP contribution in [0.4, 0.5) is 16.2 Å². The van der Waals surface area contributed by atoms with Crippen molar-refractivity contribution in [3.63, 3.8) is 0 Å². The SMILES string of the molecule is Cc1ccc(N2C(=O)N(C)c3ccccc3[C@@H]2[C@H]2C=C3CCCCC3C2)cc1. The fourth-order valence-electron chi connectivity index (χ4n) is 5.45. The van der Waals surface area contributed by atoms with E-state index in [2.05, 4.69) is 55.5 Å². The van der Waals surface area contributed by atoms with E-state index in [0.29, 0.717) is 5.92 Å². The average Bonchev–Trinajstić information content (AvgIpc) is 3.15. The molecule has 0 spiro atoms. The standard InChI is InChI=1S/C25H28N2O/c1-17-11-13-21(14-12-17)27-24(20-15-18-7-3-4-8-19(18)16-20)22-9-5-6-10-23(22)26(2)25(27)28/h5-6,9-15,19-20,24H,3-4,7-8,16H2,1-2H3/t19?,20-,24-/m0/s1. The molecule has 3 atom stereocenters. The van der Waals surface area contributed by atoms with E-state index in [1.54, 1.807) is 10.5 Å². The van der Waals surface area contributed by atoms with Crippen molar-refractivity contribution in [1.82, 2.24) is 0 Å². The summed E-state index contributed by atoms with van der Waals surface area (Å²) in [5.41, 5.74) is 6.17. The van der Waals surface area contributed by atoms with Gasteiger partial charge >= 0.3 is 6.03 Å². The summed E-state index contributed by atoms with van der Waals surface area (Å²) < 4.78 is 0. The van der Waals surface area contributed by atoms with Crippen molar-refractivity contribution < 1.29 is 4.79 Å². The number of carbonyl (C=O) groups is 1. The van der Waals surface area contributed by atoms with Crippen molar-refractivity contribution in [1.29, 1.82) is 0 Å². The van der Waals surface area contributed by atoms with Gasteiger partial charge in [-0.05, 0) is 62.3 Å². The molecule has 2 aromatic rings. The number of para-hydroxylation sites is 1. The minimum absolute atomic E-state index is 0.0701. The van der Waals surface area contributed by atoms with Crippen molar-refractivity contribution >= 4 is 17.4 Å². The van der Waals surface area contributed by atoms with E-state index >= 15 is 0 Å². The third-order valence-electron chi connectivity index (χ3n) is 6.88. The number of allylic oxidation sites excluding steroid dienone is 1. The molecule has 0 aromatic heterocycles. The van der Waals surface area contributed by atoms with Crippen LogP contribution in [-0.4, -0.2) is 13.1 Å². The Kier molecular flexibility index (Phi) is 4.26. The second kappa shape index (κ2) is 6.80. The zero-order valence-electron chi connectivity index (χ0n) is 16.8. The van der Waals surface area contributed by atoms with Gasteiger partial charge in [0.05, 0.1) is 11.7 Å². The summed E-state index contributed by atoms with van der Waals surface area (Å²) in [7, 11) is 1.89. The van der Waals surface area contributed by atoms with Crippen molar-refractivity contribution in [2.24, 2.45) is 11.8 Å². The molecule has 1 unspecified atom stereocenters. The number of carbonyl (C=O) groups excluding carboxylic acids is 1. The summed E-state index contributed by atoms with van der Waals surface area (Å²) in [4.78, 5) is 17.3. The number of nitrogens with zero attached hydrogens (tertiary/aromatic N) is 2. The molecule has 3 nitrogen and oxygen atoms in total. The fourth-order valence-corrected chi connectivity index (χ4v) is 5.45. The third kappa shape index (κ3) is 2.76. The Hall–Kier alpha value is -2.55.